The molecule has 0 bridgehead atoms. The molecule has 1 aromatic heterocycles. The van der Waals surface area contributed by atoms with Gasteiger partial charge in [-0.05, 0) is 12.1 Å². The molecule has 21 heavy (non-hydrogen) atoms. The summed E-state index contributed by atoms with van der Waals surface area (Å²) in [5.74, 6) is 0.847. The van der Waals surface area contributed by atoms with Gasteiger partial charge in [0, 0.05) is 24.7 Å². The maximum Gasteiger partial charge on any atom is 0.214 e. The average Bonchev–Trinajstić information content (AvgIpc) is 2.91. The number of ether oxygens (including phenoxy) is 1. The molecule has 2 rings (SSSR count). The van der Waals surface area contributed by atoms with Crippen LogP contribution in [0.2, 0.25) is 0 Å². The van der Waals surface area contributed by atoms with Crippen molar-refractivity contribution in [2.75, 3.05) is 24.6 Å². The summed E-state index contributed by atoms with van der Waals surface area (Å²) in [5, 5.41) is 3.59. The number of hydrogen-bond acceptors (Lipinski definition) is 7. The van der Waals surface area contributed by atoms with Crippen molar-refractivity contribution in [3.63, 3.8) is 0 Å². The van der Waals surface area contributed by atoms with Crippen LogP contribution in [-0.4, -0.2) is 37.5 Å². The lowest BCUT2D eigenvalue weighted by Crippen LogP contribution is -2.30. The van der Waals surface area contributed by atoms with Gasteiger partial charge in [0.05, 0.1) is 5.75 Å². The van der Waals surface area contributed by atoms with Crippen LogP contribution in [0.5, 0.6) is 5.75 Å². The van der Waals surface area contributed by atoms with E-state index >= 15 is 0 Å². The number of sulfonamides is 1. The fraction of sp³-hybridized carbons (Fsp3) is 0.333. The van der Waals surface area contributed by atoms with Gasteiger partial charge in [0.25, 0.3) is 0 Å². The molecule has 0 radical (unpaired) electrons. The quantitative estimate of drug-likeness (QED) is 0.667. The maximum atomic E-state index is 11.7. The van der Waals surface area contributed by atoms with Gasteiger partial charge in [-0.15, -0.1) is 0 Å². The maximum absolute atomic E-state index is 11.7. The van der Waals surface area contributed by atoms with Crippen molar-refractivity contribution < 1.29 is 17.7 Å². The summed E-state index contributed by atoms with van der Waals surface area (Å²) in [6, 6.07) is 6.81. The van der Waals surface area contributed by atoms with E-state index in [1.165, 1.54) is 6.39 Å². The molecule has 0 amide bonds. The number of aromatic nitrogens is 2. The van der Waals surface area contributed by atoms with Crippen molar-refractivity contribution >= 4 is 15.7 Å². The molecule has 0 fully saturated rings. The first kappa shape index (κ1) is 15.3. The van der Waals surface area contributed by atoms with Gasteiger partial charge in [-0.1, -0.05) is 11.2 Å². The Morgan fingerprint density at radius 3 is 2.95 bits per heavy atom. The number of nitrogen functional groups attached to an aromatic ring is 1. The predicted molar refractivity (Wildman–Crippen MR) is 76.1 cm³/mol. The van der Waals surface area contributed by atoms with Gasteiger partial charge in [0.1, 0.15) is 12.4 Å². The minimum absolute atomic E-state index is 0.0427. The van der Waals surface area contributed by atoms with Crippen LogP contribution >= 0.6 is 0 Å². The normalized spacial score (nSPS) is 11.4. The van der Waals surface area contributed by atoms with Gasteiger partial charge in [-0.25, -0.2) is 13.1 Å². The number of benzene rings is 1. The Labute approximate surface area is 122 Å². The van der Waals surface area contributed by atoms with Crippen LogP contribution in [-0.2, 0) is 16.4 Å². The van der Waals surface area contributed by atoms with Crippen molar-refractivity contribution in [1.29, 1.82) is 0 Å². The fourth-order valence-corrected chi connectivity index (χ4v) is 2.43. The van der Waals surface area contributed by atoms with Crippen molar-refractivity contribution in [2.24, 2.45) is 0 Å². The van der Waals surface area contributed by atoms with Crippen molar-refractivity contribution in [2.45, 2.75) is 6.42 Å². The Hall–Kier alpha value is -2.13. The predicted octanol–water partition coefficient (Wildman–Crippen LogP) is 0.193. The number of nitrogens with one attached hydrogen (secondary N) is 1. The average molecular weight is 312 g/mol. The number of nitrogens with two attached hydrogens (primary N) is 1. The molecule has 0 aliphatic rings. The van der Waals surface area contributed by atoms with E-state index in [0.717, 1.165) is 0 Å². The Bertz CT molecular complexity index is 658. The third-order valence-electron chi connectivity index (χ3n) is 2.56. The zero-order valence-corrected chi connectivity index (χ0v) is 12.0. The van der Waals surface area contributed by atoms with E-state index in [2.05, 4.69) is 19.4 Å². The molecule has 0 unspecified atom stereocenters. The molecule has 0 aliphatic heterocycles. The standard InChI is InChI=1S/C12H16N4O4S/c13-10-2-1-3-11(8-10)19-6-7-21(17,18)15-5-4-12-14-9-20-16-12/h1-3,8-9,15H,4-7,13H2. The molecule has 0 saturated heterocycles. The van der Waals surface area contributed by atoms with Gasteiger partial charge in [0.2, 0.25) is 16.4 Å². The van der Waals surface area contributed by atoms with Gasteiger partial charge >= 0.3 is 0 Å². The third kappa shape index (κ3) is 5.40. The lowest BCUT2D eigenvalue weighted by atomic mass is 10.3. The number of hydrogen-bond donors (Lipinski definition) is 2. The van der Waals surface area contributed by atoms with Crippen LogP contribution in [0.15, 0.2) is 35.2 Å². The van der Waals surface area contributed by atoms with Gasteiger partial charge < -0.3 is 15.0 Å². The Kier molecular flexibility index (Phi) is 5.12. The summed E-state index contributed by atoms with van der Waals surface area (Å²) in [6.45, 7) is 0.251. The highest BCUT2D eigenvalue weighted by molar-refractivity contribution is 7.89. The van der Waals surface area contributed by atoms with Gasteiger partial charge in [-0.2, -0.15) is 4.98 Å². The van der Waals surface area contributed by atoms with E-state index in [1.54, 1.807) is 24.3 Å². The minimum atomic E-state index is -3.41. The van der Waals surface area contributed by atoms with E-state index in [1.807, 2.05) is 0 Å². The number of rotatable bonds is 8. The second-order valence-corrected chi connectivity index (χ2v) is 6.16. The van der Waals surface area contributed by atoms with Crippen LogP contribution in [0, 0.1) is 0 Å². The highest BCUT2D eigenvalue weighted by Crippen LogP contribution is 2.14. The fourth-order valence-electron chi connectivity index (χ4n) is 1.57. The molecule has 114 valence electrons. The van der Waals surface area contributed by atoms with E-state index in [0.29, 0.717) is 23.7 Å². The summed E-state index contributed by atoms with van der Waals surface area (Å²) in [4.78, 5) is 3.80. The van der Waals surface area contributed by atoms with Crippen molar-refractivity contribution in [3.8, 4) is 5.75 Å². The van der Waals surface area contributed by atoms with Crippen molar-refractivity contribution in [1.82, 2.24) is 14.9 Å². The van der Waals surface area contributed by atoms with Crippen LogP contribution in [0.3, 0.4) is 0 Å². The Balaban J connectivity index is 1.71. The molecule has 8 nitrogen and oxygen atoms in total. The van der Waals surface area contributed by atoms with E-state index in [4.69, 9.17) is 10.5 Å². The highest BCUT2D eigenvalue weighted by atomic mass is 32.2. The zero-order valence-electron chi connectivity index (χ0n) is 11.2. The Morgan fingerprint density at radius 1 is 1.38 bits per heavy atom. The smallest absolute Gasteiger partial charge is 0.214 e. The van der Waals surface area contributed by atoms with E-state index in [9.17, 15) is 8.42 Å². The molecule has 1 aromatic carbocycles. The lowest BCUT2D eigenvalue weighted by Gasteiger charge is -2.08. The molecule has 9 heteroatoms. The summed E-state index contributed by atoms with van der Waals surface area (Å²) >= 11 is 0. The number of nitrogens with zero attached hydrogens (tertiary/aromatic N) is 2. The first-order valence-corrected chi connectivity index (χ1v) is 7.91. The molecule has 3 N–H and O–H groups in total. The van der Waals surface area contributed by atoms with Crippen LogP contribution in [0.1, 0.15) is 5.82 Å². The first-order valence-electron chi connectivity index (χ1n) is 6.26. The van der Waals surface area contributed by atoms with E-state index in [-0.39, 0.29) is 18.9 Å². The molecular formula is C12H16N4O4S. The SMILES string of the molecule is Nc1cccc(OCCS(=O)(=O)NCCc2ncon2)c1. The van der Waals surface area contributed by atoms with Crippen LogP contribution in [0.25, 0.3) is 0 Å². The second kappa shape index (κ2) is 7.04. The third-order valence-corrected chi connectivity index (χ3v) is 3.90. The molecule has 1 heterocycles. The van der Waals surface area contributed by atoms with Crippen LogP contribution in [0.4, 0.5) is 5.69 Å². The summed E-state index contributed by atoms with van der Waals surface area (Å²) in [7, 11) is -3.41. The molecular weight excluding hydrogens is 296 g/mol. The Morgan fingerprint density at radius 2 is 2.24 bits per heavy atom. The van der Waals surface area contributed by atoms with Crippen LogP contribution < -0.4 is 15.2 Å². The molecule has 0 spiro atoms. The monoisotopic (exact) mass is 312 g/mol. The largest absolute Gasteiger partial charge is 0.492 e. The molecule has 0 aliphatic carbocycles. The zero-order chi connectivity index (χ0) is 15.1. The van der Waals surface area contributed by atoms with Gasteiger partial charge in [0.15, 0.2) is 5.82 Å². The summed E-state index contributed by atoms with van der Waals surface area (Å²) in [5.41, 5.74) is 6.16. The lowest BCUT2D eigenvalue weighted by molar-refractivity contribution is 0.340. The summed E-state index contributed by atoms with van der Waals surface area (Å²) < 4.78 is 35.8. The second-order valence-electron chi connectivity index (χ2n) is 4.23. The molecule has 0 atom stereocenters. The van der Waals surface area contributed by atoms with Crippen molar-refractivity contribution in [3.05, 3.63) is 36.5 Å². The topological polar surface area (TPSA) is 120 Å². The number of anilines is 1. The molecule has 0 saturated carbocycles. The minimum Gasteiger partial charge on any atom is -0.492 e. The first-order chi connectivity index (χ1) is 10.1. The molecule has 2 aromatic rings. The van der Waals surface area contributed by atoms with E-state index < -0.39 is 10.0 Å². The van der Waals surface area contributed by atoms with Gasteiger partial charge in [-0.3, -0.25) is 0 Å². The highest BCUT2D eigenvalue weighted by Gasteiger charge is 2.10. The summed E-state index contributed by atoms with van der Waals surface area (Å²) in [6.07, 6.45) is 1.56.